The Balaban J connectivity index is 1.47. The standard InChI is InChI=1S/C18H20FN7O2S/c1-23-14-13(15(27)24(2)18(23)28)21-16(22-14)25-7-9-26(10-8-25)17(29)20-12-5-3-11(19)4-6-12/h3-6H,7-10H2,1-2H3,(H,20,29)(H,21,22). The van der Waals surface area contributed by atoms with Gasteiger partial charge in [-0.2, -0.15) is 4.98 Å². The highest BCUT2D eigenvalue weighted by molar-refractivity contribution is 7.80. The number of hydrogen-bond donors (Lipinski definition) is 2. The largest absolute Gasteiger partial charge is 0.345 e. The van der Waals surface area contributed by atoms with Gasteiger partial charge in [-0.1, -0.05) is 0 Å². The maximum absolute atomic E-state index is 13.0. The van der Waals surface area contributed by atoms with Crippen LogP contribution in [0.25, 0.3) is 11.2 Å². The van der Waals surface area contributed by atoms with Crippen LogP contribution in [0.15, 0.2) is 33.9 Å². The molecule has 0 unspecified atom stereocenters. The molecular weight excluding hydrogens is 397 g/mol. The van der Waals surface area contributed by atoms with Gasteiger partial charge >= 0.3 is 5.69 Å². The number of aromatic nitrogens is 4. The van der Waals surface area contributed by atoms with Gasteiger partial charge in [0.1, 0.15) is 5.82 Å². The monoisotopic (exact) mass is 417 g/mol. The molecule has 0 saturated carbocycles. The van der Waals surface area contributed by atoms with E-state index in [1.807, 2.05) is 9.80 Å². The number of piperazine rings is 1. The van der Waals surface area contributed by atoms with Crippen molar-refractivity contribution >= 4 is 40.1 Å². The first kappa shape index (κ1) is 19.1. The van der Waals surface area contributed by atoms with Gasteiger partial charge in [0.25, 0.3) is 5.56 Å². The fourth-order valence-electron chi connectivity index (χ4n) is 3.32. The molecule has 29 heavy (non-hydrogen) atoms. The number of H-pyrrole nitrogens is 1. The van der Waals surface area contributed by atoms with Gasteiger partial charge in [0.05, 0.1) is 0 Å². The lowest BCUT2D eigenvalue weighted by Crippen LogP contribution is -2.50. The van der Waals surface area contributed by atoms with Crippen molar-refractivity contribution in [1.82, 2.24) is 24.0 Å². The minimum atomic E-state index is -0.414. The zero-order valence-corrected chi connectivity index (χ0v) is 16.8. The first-order valence-corrected chi connectivity index (χ1v) is 9.48. The summed E-state index contributed by atoms with van der Waals surface area (Å²) in [6, 6.07) is 6.03. The Morgan fingerprint density at radius 3 is 2.41 bits per heavy atom. The van der Waals surface area contributed by atoms with Crippen LogP contribution in [0, 0.1) is 5.82 Å². The number of thiocarbonyl (C=S) groups is 1. The summed E-state index contributed by atoms with van der Waals surface area (Å²) >= 11 is 5.46. The van der Waals surface area contributed by atoms with Gasteiger partial charge in [0.2, 0.25) is 5.95 Å². The number of anilines is 2. The van der Waals surface area contributed by atoms with Crippen LogP contribution in [-0.2, 0) is 14.1 Å². The summed E-state index contributed by atoms with van der Waals surface area (Å²) < 4.78 is 15.4. The predicted molar refractivity (Wildman–Crippen MR) is 113 cm³/mol. The van der Waals surface area contributed by atoms with E-state index in [-0.39, 0.29) is 5.82 Å². The Kier molecular flexibility index (Phi) is 4.82. The lowest BCUT2D eigenvalue weighted by Gasteiger charge is -2.36. The third kappa shape index (κ3) is 3.48. The first-order valence-electron chi connectivity index (χ1n) is 9.07. The average Bonchev–Trinajstić information content (AvgIpc) is 3.18. The fraction of sp³-hybridized carbons (Fsp3) is 0.333. The van der Waals surface area contributed by atoms with Crippen molar-refractivity contribution < 1.29 is 4.39 Å². The molecule has 2 aromatic heterocycles. The Morgan fingerprint density at radius 1 is 1.10 bits per heavy atom. The Bertz CT molecular complexity index is 1190. The Hall–Kier alpha value is -3.21. The fourth-order valence-corrected chi connectivity index (χ4v) is 3.62. The van der Waals surface area contributed by atoms with E-state index in [9.17, 15) is 14.0 Å². The number of hydrogen-bond acceptors (Lipinski definition) is 5. The lowest BCUT2D eigenvalue weighted by atomic mass is 10.3. The molecule has 0 aliphatic carbocycles. The van der Waals surface area contributed by atoms with Crippen molar-refractivity contribution in [3.05, 3.63) is 50.9 Å². The Labute approximate surface area is 170 Å². The number of nitrogens with one attached hydrogen (secondary N) is 2. The highest BCUT2D eigenvalue weighted by atomic mass is 32.1. The maximum Gasteiger partial charge on any atom is 0.332 e. The minimum Gasteiger partial charge on any atom is -0.345 e. The zero-order valence-electron chi connectivity index (χ0n) is 16.0. The summed E-state index contributed by atoms with van der Waals surface area (Å²) in [6.45, 7) is 2.58. The summed E-state index contributed by atoms with van der Waals surface area (Å²) in [5, 5.41) is 3.68. The smallest absolute Gasteiger partial charge is 0.332 e. The molecule has 2 N–H and O–H groups in total. The summed E-state index contributed by atoms with van der Waals surface area (Å²) in [6.07, 6.45) is 0. The van der Waals surface area contributed by atoms with Crippen molar-refractivity contribution in [2.75, 3.05) is 36.4 Å². The summed E-state index contributed by atoms with van der Waals surface area (Å²) in [5.41, 5.74) is 0.560. The van der Waals surface area contributed by atoms with Gasteiger partial charge in [-0.05, 0) is 36.5 Å². The molecule has 1 aromatic carbocycles. The van der Waals surface area contributed by atoms with Crippen molar-refractivity contribution in [3.8, 4) is 0 Å². The lowest BCUT2D eigenvalue weighted by molar-refractivity contribution is 0.388. The van der Waals surface area contributed by atoms with Crippen molar-refractivity contribution in [1.29, 1.82) is 0 Å². The second kappa shape index (κ2) is 7.32. The van der Waals surface area contributed by atoms with Crippen LogP contribution in [0.1, 0.15) is 0 Å². The minimum absolute atomic E-state index is 0.298. The SMILES string of the molecule is Cn1c(=O)c2[nH]c(N3CCN(C(=S)Nc4ccc(F)cc4)CC3)nc2n(C)c1=O. The highest BCUT2D eigenvalue weighted by Crippen LogP contribution is 2.16. The molecule has 1 aliphatic rings. The third-order valence-corrected chi connectivity index (χ3v) is 5.40. The first-order chi connectivity index (χ1) is 13.8. The maximum atomic E-state index is 13.0. The number of halogens is 1. The van der Waals surface area contributed by atoms with E-state index in [1.165, 1.54) is 23.7 Å². The van der Waals surface area contributed by atoms with Crippen LogP contribution in [0.4, 0.5) is 16.0 Å². The quantitative estimate of drug-likeness (QED) is 0.591. The van der Waals surface area contributed by atoms with E-state index in [0.29, 0.717) is 48.4 Å². The van der Waals surface area contributed by atoms with Crippen molar-refractivity contribution in [3.63, 3.8) is 0 Å². The molecule has 0 amide bonds. The van der Waals surface area contributed by atoms with Gasteiger partial charge < -0.3 is 20.1 Å². The summed E-state index contributed by atoms with van der Waals surface area (Å²) in [5.74, 6) is 0.253. The van der Waals surface area contributed by atoms with E-state index in [2.05, 4.69) is 15.3 Å². The molecule has 0 bridgehead atoms. The number of benzene rings is 1. The number of imidazole rings is 1. The zero-order chi connectivity index (χ0) is 20.7. The van der Waals surface area contributed by atoms with Crippen molar-refractivity contribution in [2.24, 2.45) is 14.1 Å². The predicted octanol–water partition coefficient (Wildman–Crippen LogP) is 0.618. The topological polar surface area (TPSA) is 91.2 Å². The highest BCUT2D eigenvalue weighted by Gasteiger charge is 2.23. The number of aryl methyl sites for hydroxylation is 1. The van der Waals surface area contributed by atoms with Crippen LogP contribution in [-0.4, -0.2) is 55.3 Å². The van der Waals surface area contributed by atoms with Gasteiger partial charge in [0.15, 0.2) is 16.3 Å². The number of nitrogens with zero attached hydrogens (tertiary/aromatic N) is 5. The molecule has 11 heteroatoms. The normalized spacial score (nSPS) is 14.4. The van der Waals surface area contributed by atoms with Crippen LogP contribution < -0.4 is 21.5 Å². The second-order valence-electron chi connectivity index (χ2n) is 6.88. The molecule has 0 spiro atoms. The van der Waals surface area contributed by atoms with Gasteiger partial charge in [-0.15, -0.1) is 0 Å². The average molecular weight is 417 g/mol. The van der Waals surface area contributed by atoms with Crippen LogP contribution in [0.3, 0.4) is 0 Å². The van der Waals surface area contributed by atoms with Crippen LogP contribution >= 0.6 is 12.2 Å². The molecule has 152 valence electrons. The van der Waals surface area contributed by atoms with Gasteiger partial charge in [-0.3, -0.25) is 13.9 Å². The molecule has 0 radical (unpaired) electrons. The third-order valence-electron chi connectivity index (χ3n) is 5.04. The molecule has 9 nitrogen and oxygen atoms in total. The van der Waals surface area contributed by atoms with Gasteiger partial charge in [0, 0.05) is 46.0 Å². The van der Waals surface area contributed by atoms with Crippen LogP contribution in [0.5, 0.6) is 0 Å². The van der Waals surface area contributed by atoms with Crippen molar-refractivity contribution in [2.45, 2.75) is 0 Å². The number of aromatic amines is 1. The molecule has 1 saturated heterocycles. The molecule has 1 fully saturated rings. The van der Waals surface area contributed by atoms with E-state index in [0.717, 1.165) is 10.3 Å². The molecule has 0 atom stereocenters. The molecule has 1 aliphatic heterocycles. The van der Waals surface area contributed by atoms with E-state index >= 15 is 0 Å². The van der Waals surface area contributed by atoms with Crippen LogP contribution in [0.2, 0.25) is 0 Å². The molecule has 3 aromatic rings. The molecular formula is C18H20FN7O2S. The second-order valence-corrected chi connectivity index (χ2v) is 7.26. The number of fused-ring (bicyclic) bond motifs is 1. The molecule has 4 rings (SSSR count). The number of rotatable bonds is 2. The van der Waals surface area contributed by atoms with E-state index < -0.39 is 11.2 Å². The molecule has 3 heterocycles. The summed E-state index contributed by atoms with van der Waals surface area (Å²) in [7, 11) is 3.03. The van der Waals surface area contributed by atoms with Gasteiger partial charge in [-0.25, -0.2) is 9.18 Å². The van der Waals surface area contributed by atoms with E-state index in [1.54, 1.807) is 19.2 Å². The summed E-state index contributed by atoms with van der Waals surface area (Å²) in [4.78, 5) is 36.0. The van der Waals surface area contributed by atoms with E-state index in [4.69, 9.17) is 12.2 Å². The Morgan fingerprint density at radius 2 is 1.76 bits per heavy atom.